The molecule has 0 aromatic heterocycles. The summed E-state index contributed by atoms with van der Waals surface area (Å²) in [7, 11) is -4.06. The molecule has 1 aromatic carbocycles. The second kappa shape index (κ2) is 8.57. The van der Waals surface area contributed by atoms with Crippen molar-refractivity contribution in [1.82, 2.24) is 9.62 Å². The second-order valence-corrected chi connectivity index (χ2v) is 8.44. The molecule has 152 valence electrons. The van der Waals surface area contributed by atoms with E-state index in [9.17, 15) is 26.4 Å². The molecule has 0 bridgehead atoms. The Morgan fingerprint density at radius 3 is 2.48 bits per heavy atom. The number of carbonyl (C=O) groups is 1. The molecule has 1 aromatic rings. The number of halogens is 3. The minimum absolute atomic E-state index is 0.0482. The third-order valence-electron chi connectivity index (χ3n) is 4.68. The van der Waals surface area contributed by atoms with Crippen molar-refractivity contribution in [3.8, 4) is 0 Å². The standard InChI is InChI=1S/C17H23F3N2O4S/c1-2-14(11-23)21-16(24)12-6-8-22(9-7-12)27(25,26)15-5-3-4-13(10-15)17(18,19)20/h3-5,10,12,14,23H,2,6-9,11H2,1H3,(H,21,24). The van der Waals surface area contributed by atoms with E-state index in [0.29, 0.717) is 12.5 Å². The average molecular weight is 408 g/mol. The van der Waals surface area contributed by atoms with Crippen molar-refractivity contribution in [2.24, 2.45) is 5.92 Å². The molecule has 1 saturated heterocycles. The molecule has 1 aliphatic heterocycles. The highest BCUT2D eigenvalue weighted by Crippen LogP contribution is 2.32. The largest absolute Gasteiger partial charge is 0.416 e. The van der Waals surface area contributed by atoms with Gasteiger partial charge in [-0.15, -0.1) is 0 Å². The van der Waals surface area contributed by atoms with Crippen molar-refractivity contribution < 1.29 is 31.5 Å². The lowest BCUT2D eigenvalue weighted by atomic mass is 9.97. The van der Waals surface area contributed by atoms with Crippen LogP contribution >= 0.6 is 0 Å². The molecular weight excluding hydrogens is 385 g/mol. The molecule has 0 radical (unpaired) electrons. The minimum atomic E-state index is -4.63. The van der Waals surface area contributed by atoms with Crippen molar-refractivity contribution in [3.63, 3.8) is 0 Å². The number of piperidine rings is 1. The summed E-state index contributed by atoms with van der Waals surface area (Å²) in [5.41, 5.74) is -1.02. The molecule has 0 spiro atoms. The van der Waals surface area contributed by atoms with Gasteiger partial charge in [0.25, 0.3) is 0 Å². The Balaban J connectivity index is 2.06. The highest BCUT2D eigenvalue weighted by Gasteiger charge is 2.35. The summed E-state index contributed by atoms with van der Waals surface area (Å²) < 4.78 is 64.9. The smallest absolute Gasteiger partial charge is 0.394 e. The van der Waals surface area contributed by atoms with Crippen LogP contribution in [0, 0.1) is 5.92 Å². The summed E-state index contributed by atoms with van der Waals surface area (Å²) in [5.74, 6) is -0.634. The first-order chi connectivity index (χ1) is 12.6. The Kier molecular flexibility index (Phi) is 6.87. The van der Waals surface area contributed by atoms with Crippen LogP contribution in [-0.4, -0.2) is 49.5 Å². The maximum Gasteiger partial charge on any atom is 0.416 e. The van der Waals surface area contributed by atoms with Crippen molar-refractivity contribution in [1.29, 1.82) is 0 Å². The minimum Gasteiger partial charge on any atom is -0.394 e. The number of rotatable bonds is 6. The third kappa shape index (κ3) is 5.20. The van der Waals surface area contributed by atoms with E-state index in [4.69, 9.17) is 5.11 Å². The van der Waals surface area contributed by atoms with Crippen LogP contribution in [-0.2, 0) is 21.0 Å². The zero-order chi connectivity index (χ0) is 20.2. The topological polar surface area (TPSA) is 86.7 Å². The lowest BCUT2D eigenvalue weighted by Crippen LogP contribution is -2.46. The number of benzene rings is 1. The summed E-state index contributed by atoms with van der Waals surface area (Å²) in [5, 5.41) is 11.9. The molecule has 10 heteroatoms. The highest BCUT2D eigenvalue weighted by molar-refractivity contribution is 7.89. The van der Waals surface area contributed by atoms with Gasteiger partial charge in [0.05, 0.1) is 23.1 Å². The van der Waals surface area contributed by atoms with E-state index in [2.05, 4.69) is 5.32 Å². The Hall–Kier alpha value is -1.65. The van der Waals surface area contributed by atoms with Crippen molar-refractivity contribution >= 4 is 15.9 Å². The first-order valence-corrected chi connectivity index (χ1v) is 10.1. The Bertz CT molecular complexity index is 756. The molecule has 1 aliphatic rings. The maximum atomic E-state index is 12.8. The van der Waals surface area contributed by atoms with Crippen LogP contribution in [0.3, 0.4) is 0 Å². The summed E-state index contributed by atoms with van der Waals surface area (Å²) in [4.78, 5) is 11.8. The highest BCUT2D eigenvalue weighted by atomic mass is 32.2. The summed E-state index contributed by atoms with van der Waals surface area (Å²) in [6, 6.07) is 3.30. The zero-order valence-electron chi connectivity index (χ0n) is 14.9. The second-order valence-electron chi connectivity index (χ2n) is 6.50. The number of amides is 1. The number of nitrogens with one attached hydrogen (secondary N) is 1. The molecule has 1 amide bonds. The Morgan fingerprint density at radius 1 is 1.33 bits per heavy atom. The molecule has 2 rings (SSSR count). The fourth-order valence-electron chi connectivity index (χ4n) is 2.94. The van der Waals surface area contributed by atoms with Crippen LogP contribution in [0.4, 0.5) is 13.2 Å². The Labute approximate surface area is 156 Å². The van der Waals surface area contributed by atoms with Crippen molar-refractivity contribution in [3.05, 3.63) is 29.8 Å². The molecule has 1 fully saturated rings. The van der Waals surface area contributed by atoms with Gasteiger partial charge in [-0.3, -0.25) is 4.79 Å². The van der Waals surface area contributed by atoms with E-state index in [0.717, 1.165) is 22.5 Å². The average Bonchev–Trinajstić information content (AvgIpc) is 2.65. The molecule has 0 saturated carbocycles. The van der Waals surface area contributed by atoms with Crippen LogP contribution in [0.15, 0.2) is 29.2 Å². The van der Waals surface area contributed by atoms with Gasteiger partial charge in [-0.2, -0.15) is 17.5 Å². The lowest BCUT2D eigenvalue weighted by Gasteiger charge is -2.31. The first-order valence-electron chi connectivity index (χ1n) is 8.68. The molecular formula is C17H23F3N2O4S. The summed E-state index contributed by atoms with van der Waals surface area (Å²) >= 11 is 0. The maximum absolute atomic E-state index is 12.8. The number of carbonyl (C=O) groups excluding carboxylic acids is 1. The van der Waals surface area contributed by atoms with Crippen LogP contribution in [0.25, 0.3) is 0 Å². The quantitative estimate of drug-likeness (QED) is 0.754. The van der Waals surface area contributed by atoms with Gasteiger partial charge in [0.2, 0.25) is 15.9 Å². The van der Waals surface area contributed by atoms with Gasteiger partial charge in [-0.1, -0.05) is 13.0 Å². The molecule has 6 nitrogen and oxygen atoms in total. The van der Waals surface area contributed by atoms with Gasteiger partial charge in [0.15, 0.2) is 0 Å². The van der Waals surface area contributed by atoms with Gasteiger partial charge < -0.3 is 10.4 Å². The number of alkyl halides is 3. The van der Waals surface area contributed by atoms with E-state index in [-0.39, 0.29) is 44.5 Å². The van der Waals surface area contributed by atoms with E-state index in [1.807, 2.05) is 6.92 Å². The van der Waals surface area contributed by atoms with Gasteiger partial charge in [0, 0.05) is 19.0 Å². The molecule has 2 N–H and O–H groups in total. The van der Waals surface area contributed by atoms with Gasteiger partial charge in [-0.25, -0.2) is 8.42 Å². The van der Waals surface area contributed by atoms with Gasteiger partial charge >= 0.3 is 6.18 Å². The van der Waals surface area contributed by atoms with E-state index < -0.39 is 32.6 Å². The lowest BCUT2D eigenvalue weighted by molar-refractivity contribution is -0.137. The monoisotopic (exact) mass is 408 g/mol. The summed E-state index contributed by atoms with van der Waals surface area (Å²) in [6.07, 6.45) is -3.51. The zero-order valence-corrected chi connectivity index (χ0v) is 15.7. The van der Waals surface area contributed by atoms with E-state index >= 15 is 0 Å². The fraction of sp³-hybridized carbons (Fsp3) is 0.588. The van der Waals surface area contributed by atoms with Crippen LogP contribution in [0.1, 0.15) is 31.7 Å². The number of nitrogens with zero attached hydrogens (tertiary/aromatic N) is 1. The molecule has 1 atom stereocenters. The van der Waals surface area contributed by atoms with E-state index in [1.165, 1.54) is 0 Å². The van der Waals surface area contributed by atoms with Gasteiger partial charge in [-0.05, 0) is 37.5 Å². The third-order valence-corrected chi connectivity index (χ3v) is 6.58. The van der Waals surface area contributed by atoms with Crippen molar-refractivity contribution in [2.45, 2.75) is 43.3 Å². The van der Waals surface area contributed by atoms with E-state index in [1.54, 1.807) is 0 Å². The number of hydrogen-bond donors (Lipinski definition) is 2. The fourth-order valence-corrected chi connectivity index (χ4v) is 4.45. The number of aliphatic hydroxyl groups excluding tert-OH is 1. The number of aliphatic hydroxyl groups is 1. The SMILES string of the molecule is CCC(CO)NC(=O)C1CCN(S(=O)(=O)c2cccc(C(F)(F)F)c2)CC1. The van der Waals surface area contributed by atoms with Crippen LogP contribution in [0.2, 0.25) is 0 Å². The predicted octanol–water partition coefficient (Wildman–Crippen LogP) is 1.99. The number of sulfonamides is 1. The summed E-state index contributed by atoms with van der Waals surface area (Å²) in [6.45, 7) is 1.75. The normalized spacial score (nSPS) is 18.3. The first kappa shape index (κ1) is 21.6. The van der Waals surface area contributed by atoms with Crippen LogP contribution in [0.5, 0.6) is 0 Å². The van der Waals surface area contributed by atoms with Crippen LogP contribution < -0.4 is 5.32 Å². The molecule has 0 aliphatic carbocycles. The molecule has 1 unspecified atom stereocenters. The van der Waals surface area contributed by atoms with Crippen molar-refractivity contribution in [2.75, 3.05) is 19.7 Å². The molecule has 1 heterocycles. The predicted molar refractivity (Wildman–Crippen MR) is 92.2 cm³/mol. The van der Waals surface area contributed by atoms with Gasteiger partial charge in [0.1, 0.15) is 0 Å². The Morgan fingerprint density at radius 2 is 1.96 bits per heavy atom. The molecule has 27 heavy (non-hydrogen) atoms. The number of hydrogen-bond acceptors (Lipinski definition) is 4.